The third kappa shape index (κ3) is 3.21. The molecule has 0 aliphatic heterocycles. The predicted octanol–water partition coefficient (Wildman–Crippen LogP) is 5.26. The molecule has 21 heavy (non-hydrogen) atoms. The van der Waals surface area contributed by atoms with E-state index in [9.17, 15) is 13.6 Å². The number of hydrogen-bond acceptors (Lipinski definition) is 1. The number of carbonyl (C=O) groups excluding carboxylic acids is 1. The topological polar surface area (TPSA) is 17.1 Å². The van der Waals surface area contributed by atoms with Crippen molar-refractivity contribution in [1.82, 2.24) is 0 Å². The quantitative estimate of drug-likeness (QED) is 0.532. The van der Waals surface area contributed by atoms with Crippen LogP contribution in [0.1, 0.15) is 42.3 Å². The molecule has 0 aliphatic carbocycles. The van der Waals surface area contributed by atoms with Gasteiger partial charge in [-0.1, -0.05) is 45.0 Å². The molecular formula is C17H15BrF2O. The summed E-state index contributed by atoms with van der Waals surface area (Å²) in [5, 5.41) is 0. The minimum atomic E-state index is -1.05. The van der Waals surface area contributed by atoms with Crippen LogP contribution in [0.15, 0.2) is 40.9 Å². The van der Waals surface area contributed by atoms with Crippen LogP contribution < -0.4 is 0 Å². The lowest BCUT2D eigenvalue weighted by atomic mass is 9.86. The molecule has 2 aromatic rings. The second kappa shape index (κ2) is 5.68. The Morgan fingerprint density at radius 2 is 1.57 bits per heavy atom. The molecule has 0 saturated heterocycles. The maximum atomic E-state index is 13.5. The van der Waals surface area contributed by atoms with Crippen molar-refractivity contribution in [2.75, 3.05) is 0 Å². The average molecular weight is 353 g/mol. The fourth-order valence-electron chi connectivity index (χ4n) is 1.98. The van der Waals surface area contributed by atoms with Crippen LogP contribution >= 0.6 is 15.9 Å². The van der Waals surface area contributed by atoms with E-state index in [-0.39, 0.29) is 21.2 Å². The highest BCUT2D eigenvalue weighted by Gasteiger charge is 2.19. The zero-order valence-corrected chi connectivity index (χ0v) is 13.6. The van der Waals surface area contributed by atoms with Crippen LogP contribution in [-0.2, 0) is 5.41 Å². The number of benzene rings is 2. The molecule has 0 bridgehead atoms. The van der Waals surface area contributed by atoms with Crippen molar-refractivity contribution in [1.29, 1.82) is 0 Å². The molecule has 110 valence electrons. The normalized spacial score (nSPS) is 11.5. The van der Waals surface area contributed by atoms with E-state index in [2.05, 4.69) is 36.7 Å². The first-order chi connectivity index (χ1) is 9.71. The number of hydrogen-bond donors (Lipinski definition) is 0. The monoisotopic (exact) mass is 352 g/mol. The highest BCUT2D eigenvalue weighted by atomic mass is 79.9. The van der Waals surface area contributed by atoms with E-state index < -0.39 is 11.6 Å². The summed E-state index contributed by atoms with van der Waals surface area (Å²) < 4.78 is 26.5. The first-order valence-electron chi connectivity index (χ1n) is 6.50. The Labute approximate surface area is 131 Å². The molecule has 0 N–H and O–H groups in total. The van der Waals surface area contributed by atoms with Crippen LogP contribution in [0.3, 0.4) is 0 Å². The Balaban J connectivity index is 2.39. The Kier molecular flexibility index (Phi) is 4.28. The van der Waals surface area contributed by atoms with Crippen LogP contribution in [0, 0.1) is 11.6 Å². The van der Waals surface area contributed by atoms with E-state index in [0.29, 0.717) is 5.56 Å². The van der Waals surface area contributed by atoms with Gasteiger partial charge in [-0.15, -0.1) is 0 Å². The summed E-state index contributed by atoms with van der Waals surface area (Å²) in [5.74, 6) is -2.38. The van der Waals surface area contributed by atoms with Gasteiger partial charge in [0, 0.05) is 11.1 Å². The molecule has 2 aromatic carbocycles. The fourth-order valence-corrected chi connectivity index (χ4v) is 2.48. The van der Waals surface area contributed by atoms with Gasteiger partial charge in [0.15, 0.2) is 17.4 Å². The molecule has 0 aromatic heterocycles. The Hall–Kier alpha value is -1.55. The van der Waals surface area contributed by atoms with E-state index in [4.69, 9.17) is 0 Å². The minimum Gasteiger partial charge on any atom is -0.289 e. The van der Waals surface area contributed by atoms with Gasteiger partial charge in [0.25, 0.3) is 0 Å². The van der Waals surface area contributed by atoms with Gasteiger partial charge in [-0.25, -0.2) is 8.78 Å². The summed E-state index contributed by atoms with van der Waals surface area (Å²) >= 11 is 2.94. The second-order valence-corrected chi connectivity index (χ2v) is 6.67. The van der Waals surface area contributed by atoms with Gasteiger partial charge in [-0.2, -0.15) is 0 Å². The third-order valence-electron chi connectivity index (χ3n) is 3.29. The van der Waals surface area contributed by atoms with Crippen molar-refractivity contribution >= 4 is 21.7 Å². The van der Waals surface area contributed by atoms with Gasteiger partial charge in [-0.05, 0) is 39.0 Å². The Bertz CT molecular complexity index is 685. The largest absolute Gasteiger partial charge is 0.289 e. The number of rotatable bonds is 2. The molecular weight excluding hydrogens is 338 g/mol. The van der Waals surface area contributed by atoms with E-state index >= 15 is 0 Å². The van der Waals surface area contributed by atoms with Gasteiger partial charge in [-0.3, -0.25) is 4.79 Å². The van der Waals surface area contributed by atoms with Crippen LogP contribution in [0.2, 0.25) is 0 Å². The molecule has 2 rings (SSSR count). The highest BCUT2D eigenvalue weighted by Crippen LogP contribution is 2.27. The lowest BCUT2D eigenvalue weighted by Gasteiger charge is -2.19. The van der Waals surface area contributed by atoms with Crippen LogP contribution in [0.25, 0.3) is 0 Å². The molecule has 4 heteroatoms. The SMILES string of the molecule is CC(C)(C)c1ccc(C(=O)c2ccc(F)c(F)c2Br)cc1. The average Bonchev–Trinajstić information content (AvgIpc) is 2.43. The van der Waals surface area contributed by atoms with E-state index in [1.54, 1.807) is 12.1 Å². The third-order valence-corrected chi connectivity index (χ3v) is 4.07. The van der Waals surface area contributed by atoms with Crippen molar-refractivity contribution in [2.24, 2.45) is 0 Å². The molecule has 0 atom stereocenters. The lowest BCUT2D eigenvalue weighted by molar-refractivity contribution is 0.103. The Morgan fingerprint density at radius 1 is 1.00 bits per heavy atom. The fraction of sp³-hybridized carbons (Fsp3) is 0.235. The van der Waals surface area contributed by atoms with Gasteiger partial charge in [0.1, 0.15) is 0 Å². The summed E-state index contributed by atoms with van der Waals surface area (Å²) in [6, 6.07) is 9.40. The zero-order valence-electron chi connectivity index (χ0n) is 12.0. The van der Waals surface area contributed by atoms with E-state index in [1.165, 1.54) is 6.07 Å². The van der Waals surface area contributed by atoms with Gasteiger partial charge in [0.05, 0.1) is 4.47 Å². The smallest absolute Gasteiger partial charge is 0.194 e. The summed E-state index contributed by atoms with van der Waals surface area (Å²) in [6.07, 6.45) is 0. The number of halogens is 3. The number of ketones is 1. The van der Waals surface area contributed by atoms with Crippen molar-refractivity contribution in [2.45, 2.75) is 26.2 Å². The standard InChI is InChI=1S/C17H15BrF2O/c1-17(2,3)11-6-4-10(5-7-11)16(21)12-8-9-13(19)15(20)14(12)18/h4-9H,1-3H3. The van der Waals surface area contributed by atoms with E-state index in [0.717, 1.165) is 11.6 Å². The molecule has 0 heterocycles. The molecule has 0 fully saturated rings. The van der Waals surface area contributed by atoms with Gasteiger partial charge < -0.3 is 0 Å². The summed E-state index contributed by atoms with van der Waals surface area (Å²) in [5.41, 5.74) is 1.64. The first kappa shape index (κ1) is 15.8. The molecule has 0 aliphatic rings. The zero-order chi connectivity index (χ0) is 15.8. The maximum Gasteiger partial charge on any atom is 0.194 e. The van der Waals surface area contributed by atoms with E-state index in [1.807, 2.05) is 12.1 Å². The first-order valence-corrected chi connectivity index (χ1v) is 7.30. The summed E-state index contributed by atoms with van der Waals surface area (Å²) in [6.45, 7) is 6.24. The predicted molar refractivity (Wildman–Crippen MR) is 82.6 cm³/mol. The maximum absolute atomic E-state index is 13.5. The molecule has 0 spiro atoms. The van der Waals surface area contributed by atoms with Crippen molar-refractivity contribution in [3.05, 3.63) is 69.2 Å². The number of carbonyl (C=O) groups is 1. The minimum absolute atomic E-state index is 0.00978. The molecule has 1 nitrogen and oxygen atoms in total. The second-order valence-electron chi connectivity index (χ2n) is 5.88. The van der Waals surface area contributed by atoms with Gasteiger partial charge >= 0.3 is 0 Å². The van der Waals surface area contributed by atoms with Gasteiger partial charge in [0.2, 0.25) is 0 Å². The van der Waals surface area contributed by atoms with Crippen molar-refractivity contribution in [3.8, 4) is 0 Å². The molecule has 0 amide bonds. The van der Waals surface area contributed by atoms with Crippen molar-refractivity contribution < 1.29 is 13.6 Å². The van der Waals surface area contributed by atoms with Crippen LogP contribution in [0.5, 0.6) is 0 Å². The summed E-state index contributed by atoms with van der Waals surface area (Å²) in [4.78, 5) is 12.4. The van der Waals surface area contributed by atoms with Crippen LogP contribution in [0.4, 0.5) is 8.78 Å². The Morgan fingerprint density at radius 3 is 2.10 bits per heavy atom. The lowest BCUT2D eigenvalue weighted by Crippen LogP contribution is -2.11. The molecule has 0 unspecified atom stereocenters. The molecule has 0 radical (unpaired) electrons. The summed E-state index contributed by atoms with van der Waals surface area (Å²) in [7, 11) is 0. The molecule has 0 saturated carbocycles. The van der Waals surface area contributed by atoms with Crippen molar-refractivity contribution in [3.63, 3.8) is 0 Å². The highest BCUT2D eigenvalue weighted by molar-refractivity contribution is 9.10. The van der Waals surface area contributed by atoms with Crippen LogP contribution in [-0.4, -0.2) is 5.78 Å².